The zero-order valence-corrected chi connectivity index (χ0v) is 22.2. The Kier molecular flexibility index (Phi) is 7.28. The number of aryl methyl sites for hydroxylation is 2. The van der Waals surface area contributed by atoms with Crippen LogP contribution in [-0.2, 0) is 33.6 Å². The van der Waals surface area contributed by atoms with E-state index in [9.17, 15) is 9.59 Å². The van der Waals surface area contributed by atoms with Crippen molar-refractivity contribution in [3.05, 3.63) is 28.8 Å². The van der Waals surface area contributed by atoms with E-state index in [0.29, 0.717) is 32.0 Å². The van der Waals surface area contributed by atoms with E-state index in [0.717, 1.165) is 61.6 Å². The molecule has 2 amide bonds. The highest BCUT2D eigenvalue weighted by Gasteiger charge is 2.31. The predicted molar refractivity (Wildman–Crippen MR) is 134 cm³/mol. The van der Waals surface area contributed by atoms with Crippen molar-refractivity contribution in [1.82, 2.24) is 24.9 Å². The highest BCUT2D eigenvalue weighted by molar-refractivity contribution is 5.95. The van der Waals surface area contributed by atoms with E-state index < -0.39 is 5.60 Å². The van der Waals surface area contributed by atoms with Crippen molar-refractivity contribution < 1.29 is 28.2 Å². The minimum Gasteiger partial charge on any atom is -0.455 e. The molecule has 0 spiro atoms. The number of furan rings is 1. The Balaban J connectivity index is 1.18. The van der Waals surface area contributed by atoms with Crippen LogP contribution in [-0.4, -0.2) is 96.0 Å². The minimum atomic E-state index is -0.481. The van der Waals surface area contributed by atoms with Crippen molar-refractivity contribution in [3.63, 3.8) is 0 Å². The van der Waals surface area contributed by atoms with Crippen molar-refractivity contribution >= 4 is 12.0 Å². The Morgan fingerprint density at radius 3 is 2.65 bits per heavy atom. The molecule has 2 fully saturated rings. The summed E-state index contributed by atoms with van der Waals surface area (Å²) in [6.07, 6.45) is 3.31. The van der Waals surface area contributed by atoms with Gasteiger partial charge >= 0.3 is 6.09 Å². The van der Waals surface area contributed by atoms with Gasteiger partial charge in [0, 0.05) is 63.0 Å². The third-order valence-corrected chi connectivity index (χ3v) is 6.97. The molecule has 11 heteroatoms. The van der Waals surface area contributed by atoms with Crippen LogP contribution in [0.2, 0.25) is 0 Å². The number of carbonyl (C=O) groups excluding carboxylic acids is 2. The van der Waals surface area contributed by atoms with E-state index in [2.05, 4.69) is 16.4 Å². The maximum atomic E-state index is 12.8. The normalized spacial score (nSPS) is 20.0. The Hall–Kier alpha value is -2.89. The highest BCUT2D eigenvalue weighted by atomic mass is 16.7. The molecule has 2 aromatic rings. The lowest BCUT2D eigenvalue weighted by Crippen LogP contribution is -2.50. The van der Waals surface area contributed by atoms with Crippen molar-refractivity contribution in [2.75, 3.05) is 52.7 Å². The first-order valence-corrected chi connectivity index (χ1v) is 13.0. The second-order valence-electron chi connectivity index (χ2n) is 10.9. The van der Waals surface area contributed by atoms with E-state index in [1.165, 1.54) is 5.56 Å². The van der Waals surface area contributed by atoms with E-state index in [1.807, 2.05) is 32.4 Å². The van der Waals surface area contributed by atoms with Crippen LogP contribution in [0, 0.1) is 6.92 Å². The van der Waals surface area contributed by atoms with Gasteiger partial charge in [-0.15, -0.1) is 0 Å². The molecule has 5 rings (SSSR count). The van der Waals surface area contributed by atoms with Gasteiger partial charge < -0.3 is 28.8 Å². The van der Waals surface area contributed by atoms with Gasteiger partial charge in [-0.3, -0.25) is 14.4 Å². The summed E-state index contributed by atoms with van der Waals surface area (Å²) in [4.78, 5) is 29.2. The molecule has 2 aromatic heterocycles. The number of nitrogens with zero attached hydrogens (tertiary/aromatic N) is 4. The molecule has 2 aliphatic heterocycles. The van der Waals surface area contributed by atoms with Crippen molar-refractivity contribution in [2.45, 2.75) is 58.8 Å². The fourth-order valence-electron chi connectivity index (χ4n) is 5.00. The lowest BCUT2D eigenvalue weighted by Gasteiger charge is -2.35. The molecular weight excluding hydrogens is 478 g/mol. The van der Waals surface area contributed by atoms with Crippen molar-refractivity contribution in [2.24, 2.45) is 0 Å². The fraction of sp³-hybridized carbons (Fsp3) is 0.654. The van der Waals surface area contributed by atoms with E-state index in [1.54, 1.807) is 4.90 Å². The molecule has 0 unspecified atom stereocenters. The number of nitrogens with one attached hydrogen (secondary N) is 1. The molecule has 0 radical (unpaired) electrons. The summed E-state index contributed by atoms with van der Waals surface area (Å²) >= 11 is 0. The summed E-state index contributed by atoms with van der Waals surface area (Å²) in [6, 6.07) is 0. The van der Waals surface area contributed by atoms with E-state index >= 15 is 0 Å². The largest absolute Gasteiger partial charge is 0.455 e. The maximum Gasteiger partial charge on any atom is 0.410 e. The van der Waals surface area contributed by atoms with Gasteiger partial charge in [-0.25, -0.2) is 4.79 Å². The number of rotatable bonds is 6. The summed E-state index contributed by atoms with van der Waals surface area (Å²) in [5, 5.41) is 7.78. The molecule has 2 saturated heterocycles. The fourth-order valence-corrected chi connectivity index (χ4v) is 5.00. The summed E-state index contributed by atoms with van der Waals surface area (Å²) in [6.45, 7) is 13.2. The van der Waals surface area contributed by atoms with Crippen molar-refractivity contribution in [1.29, 1.82) is 0 Å². The number of ether oxygens (including phenoxy) is 3. The van der Waals surface area contributed by atoms with E-state index in [4.69, 9.17) is 23.7 Å². The molecule has 1 N–H and O–H groups in total. The first kappa shape index (κ1) is 25.7. The Labute approximate surface area is 217 Å². The van der Waals surface area contributed by atoms with Gasteiger partial charge in [0.2, 0.25) is 0 Å². The second-order valence-corrected chi connectivity index (χ2v) is 10.9. The number of hydrogen-bond acceptors (Lipinski definition) is 8. The zero-order chi connectivity index (χ0) is 26.2. The molecule has 37 heavy (non-hydrogen) atoms. The molecule has 1 atom stereocenters. The number of hydrogen-bond donors (Lipinski definition) is 1. The topological polar surface area (TPSA) is 111 Å². The van der Waals surface area contributed by atoms with Crippen LogP contribution in [0.4, 0.5) is 4.79 Å². The number of carbonyl (C=O) groups is 2. The van der Waals surface area contributed by atoms with Gasteiger partial charge in [-0.1, -0.05) is 0 Å². The van der Waals surface area contributed by atoms with Crippen LogP contribution in [0.5, 0.6) is 0 Å². The molecule has 202 valence electrons. The lowest BCUT2D eigenvalue weighted by atomic mass is 9.93. The maximum absolute atomic E-state index is 12.8. The van der Waals surface area contributed by atoms with Crippen molar-refractivity contribution in [3.8, 4) is 11.3 Å². The first-order valence-electron chi connectivity index (χ1n) is 13.0. The lowest BCUT2D eigenvalue weighted by molar-refractivity contribution is 0.0142. The third-order valence-electron chi connectivity index (χ3n) is 6.97. The molecule has 11 nitrogen and oxygen atoms in total. The van der Waals surface area contributed by atoms with Gasteiger partial charge in [0.05, 0.1) is 18.8 Å². The monoisotopic (exact) mass is 515 g/mol. The standard InChI is InChI=1S/C26H37N5O6/c1-17-21-20(36-23(17)24(32)27-13-19-15-34-16-35-19)6-5-18-14-31(28-22(18)21)12-9-29-7-10-30(11-8-29)25(33)37-26(2,3)4/h14,19H,5-13,15-16H2,1-4H3,(H,27,32)/t19-/m1/s1. The second kappa shape index (κ2) is 10.5. The minimum absolute atomic E-state index is 0.128. The summed E-state index contributed by atoms with van der Waals surface area (Å²) in [7, 11) is 0. The molecule has 0 saturated carbocycles. The van der Waals surface area contributed by atoms with Gasteiger partial charge in [-0.2, -0.15) is 5.10 Å². The first-order chi connectivity index (χ1) is 17.7. The van der Waals surface area contributed by atoms with Crippen LogP contribution in [0.3, 0.4) is 0 Å². The van der Waals surface area contributed by atoms with Gasteiger partial charge in [0.15, 0.2) is 5.76 Å². The summed E-state index contributed by atoms with van der Waals surface area (Å²) < 4.78 is 24.1. The van der Waals surface area contributed by atoms with Crippen LogP contribution in [0.1, 0.15) is 48.2 Å². The van der Waals surface area contributed by atoms with Crippen LogP contribution in [0.25, 0.3) is 11.3 Å². The van der Waals surface area contributed by atoms with Gasteiger partial charge in [0.1, 0.15) is 24.3 Å². The third kappa shape index (κ3) is 5.83. The SMILES string of the molecule is Cc1c(C(=O)NC[C@@H]2COCO2)oc2c1-c1nn(CCN3CCN(C(=O)OC(C)(C)C)CC3)cc1CC2. The van der Waals surface area contributed by atoms with Gasteiger partial charge in [0.25, 0.3) is 5.91 Å². The van der Waals surface area contributed by atoms with E-state index in [-0.39, 0.29) is 24.9 Å². The number of amides is 2. The smallest absolute Gasteiger partial charge is 0.410 e. The average molecular weight is 516 g/mol. The zero-order valence-electron chi connectivity index (χ0n) is 22.2. The number of aromatic nitrogens is 2. The molecule has 0 aromatic carbocycles. The average Bonchev–Trinajstić information content (AvgIpc) is 3.59. The molecule has 0 bridgehead atoms. The Morgan fingerprint density at radius 2 is 1.95 bits per heavy atom. The summed E-state index contributed by atoms with van der Waals surface area (Å²) in [5.41, 5.74) is 3.36. The molecule has 1 aliphatic carbocycles. The van der Waals surface area contributed by atoms with Crippen LogP contribution < -0.4 is 5.32 Å². The molecule has 3 aliphatic rings. The van der Waals surface area contributed by atoms with Crippen LogP contribution >= 0.6 is 0 Å². The molecule has 4 heterocycles. The number of fused-ring (bicyclic) bond motifs is 3. The summed E-state index contributed by atoms with van der Waals surface area (Å²) in [5.74, 6) is 0.919. The Morgan fingerprint density at radius 1 is 1.16 bits per heavy atom. The van der Waals surface area contributed by atoms with Gasteiger partial charge in [-0.05, 0) is 39.7 Å². The number of piperazine rings is 1. The Bertz CT molecular complexity index is 1140. The highest BCUT2D eigenvalue weighted by Crippen LogP contribution is 2.38. The van der Waals surface area contributed by atoms with Crippen LogP contribution in [0.15, 0.2) is 10.6 Å². The quantitative estimate of drug-likeness (QED) is 0.624. The molecular formula is C26H37N5O6. The predicted octanol–water partition coefficient (Wildman–Crippen LogP) is 2.21.